The van der Waals surface area contributed by atoms with Crippen LogP contribution in [0.4, 0.5) is 0 Å². The molecule has 6 nitrogen and oxygen atoms in total. The summed E-state index contributed by atoms with van der Waals surface area (Å²) in [6.07, 6.45) is 0.697. The van der Waals surface area contributed by atoms with Crippen molar-refractivity contribution in [2.24, 2.45) is 5.92 Å². The van der Waals surface area contributed by atoms with Crippen molar-refractivity contribution in [2.75, 3.05) is 20.1 Å². The van der Waals surface area contributed by atoms with E-state index in [1.165, 1.54) is 4.90 Å². The van der Waals surface area contributed by atoms with Crippen LogP contribution in [0.1, 0.15) is 24.8 Å². The fourth-order valence-electron chi connectivity index (χ4n) is 2.78. The third kappa shape index (κ3) is 4.81. The van der Waals surface area contributed by atoms with Gasteiger partial charge >= 0.3 is 5.97 Å². The summed E-state index contributed by atoms with van der Waals surface area (Å²) in [4.78, 5) is 38.2. The zero-order valence-electron chi connectivity index (χ0n) is 13.3. The maximum absolute atomic E-state index is 12.4. The first-order valence-corrected chi connectivity index (χ1v) is 7.76. The Morgan fingerprint density at radius 1 is 1.30 bits per heavy atom. The number of benzene rings is 1. The Morgan fingerprint density at radius 2 is 2.00 bits per heavy atom. The summed E-state index contributed by atoms with van der Waals surface area (Å²) >= 11 is 0. The Balaban J connectivity index is 1.86. The Kier molecular flexibility index (Phi) is 5.73. The quantitative estimate of drug-likeness (QED) is 0.823. The molecule has 2 rings (SSSR count). The molecule has 1 fully saturated rings. The summed E-state index contributed by atoms with van der Waals surface area (Å²) < 4.78 is 0. The Morgan fingerprint density at radius 3 is 2.65 bits per heavy atom. The molecule has 1 aliphatic rings. The van der Waals surface area contributed by atoms with E-state index < -0.39 is 5.97 Å². The molecule has 2 amide bonds. The average molecular weight is 318 g/mol. The smallest absolute Gasteiger partial charge is 0.303 e. The molecule has 1 N–H and O–H groups in total. The van der Waals surface area contributed by atoms with E-state index in [1.54, 1.807) is 11.9 Å². The van der Waals surface area contributed by atoms with Gasteiger partial charge in [0, 0.05) is 39.5 Å². The van der Waals surface area contributed by atoms with Gasteiger partial charge in [0.15, 0.2) is 0 Å². The van der Waals surface area contributed by atoms with Crippen molar-refractivity contribution in [1.82, 2.24) is 9.80 Å². The van der Waals surface area contributed by atoms with Crippen molar-refractivity contribution >= 4 is 17.8 Å². The molecular weight excluding hydrogens is 296 g/mol. The predicted molar refractivity (Wildman–Crippen MR) is 84.5 cm³/mol. The van der Waals surface area contributed by atoms with Gasteiger partial charge in [0.05, 0.1) is 5.92 Å². The molecular formula is C17H22N2O4. The third-order valence-corrected chi connectivity index (χ3v) is 4.04. The summed E-state index contributed by atoms with van der Waals surface area (Å²) in [7, 11) is 1.66. The van der Waals surface area contributed by atoms with Crippen LogP contribution in [-0.4, -0.2) is 52.8 Å². The lowest BCUT2D eigenvalue weighted by atomic mass is 10.1. The van der Waals surface area contributed by atoms with E-state index in [2.05, 4.69) is 0 Å². The van der Waals surface area contributed by atoms with Crippen LogP contribution in [0, 0.1) is 5.92 Å². The van der Waals surface area contributed by atoms with Crippen molar-refractivity contribution in [2.45, 2.75) is 25.8 Å². The first-order valence-electron chi connectivity index (χ1n) is 7.76. The van der Waals surface area contributed by atoms with E-state index in [0.717, 1.165) is 5.56 Å². The van der Waals surface area contributed by atoms with Gasteiger partial charge in [-0.05, 0) is 12.0 Å². The summed E-state index contributed by atoms with van der Waals surface area (Å²) in [6.45, 7) is 1.34. The molecule has 0 aromatic heterocycles. The second kappa shape index (κ2) is 7.76. The van der Waals surface area contributed by atoms with E-state index in [9.17, 15) is 14.4 Å². The maximum atomic E-state index is 12.4. The predicted octanol–water partition coefficient (Wildman–Crippen LogP) is 1.36. The first-order chi connectivity index (χ1) is 11.0. The van der Waals surface area contributed by atoms with Gasteiger partial charge in [-0.1, -0.05) is 30.3 Å². The first kappa shape index (κ1) is 17.0. The van der Waals surface area contributed by atoms with Crippen molar-refractivity contribution in [3.63, 3.8) is 0 Å². The lowest BCUT2D eigenvalue weighted by molar-refractivity contribution is -0.138. The third-order valence-electron chi connectivity index (χ3n) is 4.04. The van der Waals surface area contributed by atoms with Gasteiger partial charge < -0.3 is 14.9 Å². The molecule has 23 heavy (non-hydrogen) atoms. The number of likely N-dealkylation sites (tertiary alicyclic amines) is 1. The van der Waals surface area contributed by atoms with E-state index in [4.69, 9.17) is 5.11 Å². The zero-order valence-corrected chi connectivity index (χ0v) is 13.3. The summed E-state index contributed by atoms with van der Waals surface area (Å²) in [5.41, 5.74) is 1.05. The number of carbonyl (C=O) groups excluding carboxylic acids is 2. The number of carboxylic acid groups (broad SMARTS) is 1. The molecule has 0 spiro atoms. The molecule has 1 heterocycles. The molecule has 1 saturated heterocycles. The average Bonchev–Trinajstić information content (AvgIpc) is 2.88. The molecule has 1 unspecified atom stereocenters. The lowest BCUT2D eigenvalue weighted by Crippen LogP contribution is -2.35. The zero-order chi connectivity index (χ0) is 16.8. The molecule has 6 heteroatoms. The number of hydrogen-bond donors (Lipinski definition) is 1. The normalized spacial score (nSPS) is 17.3. The number of carbonyl (C=O) groups is 3. The van der Waals surface area contributed by atoms with Crippen molar-refractivity contribution in [1.29, 1.82) is 0 Å². The van der Waals surface area contributed by atoms with Crippen LogP contribution in [0.25, 0.3) is 0 Å². The van der Waals surface area contributed by atoms with Gasteiger partial charge in [-0.15, -0.1) is 0 Å². The van der Waals surface area contributed by atoms with E-state index >= 15 is 0 Å². The second-order valence-electron chi connectivity index (χ2n) is 5.92. The van der Waals surface area contributed by atoms with E-state index in [1.807, 2.05) is 30.3 Å². The number of nitrogens with zero attached hydrogens (tertiary/aromatic N) is 2. The Hall–Kier alpha value is -2.37. The van der Waals surface area contributed by atoms with Crippen molar-refractivity contribution < 1.29 is 19.5 Å². The minimum Gasteiger partial charge on any atom is -0.481 e. The van der Waals surface area contributed by atoms with Crippen LogP contribution >= 0.6 is 0 Å². The van der Waals surface area contributed by atoms with Crippen molar-refractivity contribution in [3.05, 3.63) is 35.9 Å². The summed E-state index contributed by atoms with van der Waals surface area (Å²) in [6, 6.07) is 9.69. The Bertz CT molecular complexity index is 573. The number of rotatable bonds is 7. The summed E-state index contributed by atoms with van der Waals surface area (Å²) in [5.74, 6) is -1.29. The number of amides is 2. The SMILES string of the molecule is CN(CCCC(=O)O)C(=O)C1CC(=O)N(Cc2ccccc2)C1. The molecule has 0 aliphatic carbocycles. The maximum Gasteiger partial charge on any atom is 0.303 e. The number of aliphatic carboxylic acids is 1. The topological polar surface area (TPSA) is 77.9 Å². The van der Waals surface area contributed by atoms with Gasteiger partial charge in [0.2, 0.25) is 11.8 Å². The molecule has 124 valence electrons. The summed E-state index contributed by atoms with van der Waals surface area (Å²) in [5, 5.41) is 8.63. The fourth-order valence-corrected chi connectivity index (χ4v) is 2.78. The van der Waals surface area contributed by atoms with Crippen LogP contribution in [0.5, 0.6) is 0 Å². The van der Waals surface area contributed by atoms with Crippen LogP contribution in [0.15, 0.2) is 30.3 Å². The van der Waals surface area contributed by atoms with Crippen LogP contribution in [0.2, 0.25) is 0 Å². The molecule has 0 radical (unpaired) electrons. The minimum atomic E-state index is -0.865. The van der Waals surface area contributed by atoms with E-state index in [0.29, 0.717) is 26.1 Å². The standard InChI is InChI=1S/C17H22N2O4/c1-18(9-5-8-16(21)22)17(23)14-10-15(20)19(12-14)11-13-6-3-2-4-7-13/h2-4,6-7,14H,5,8-12H2,1H3,(H,21,22). The largest absolute Gasteiger partial charge is 0.481 e. The highest BCUT2D eigenvalue weighted by Crippen LogP contribution is 2.22. The molecule has 1 atom stereocenters. The lowest BCUT2D eigenvalue weighted by Gasteiger charge is -2.21. The van der Waals surface area contributed by atoms with Crippen LogP contribution in [0.3, 0.4) is 0 Å². The highest BCUT2D eigenvalue weighted by atomic mass is 16.4. The number of carboxylic acids is 1. The molecule has 1 aromatic rings. The fraction of sp³-hybridized carbons (Fsp3) is 0.471. The highest BCUT2D eigenvalue weighted by Gasteiger charge is 2.35. The van der Waals surface area contributed by atoms with Gasteiger partial charge in [0.25, 0.3) is 0 Å². The van der Waals surface area contributed by atoms with Crippen LogP contribution in [-0.2, 0) is 20.9 Å². The van der Waals surface area contributed by atoms with Gasteiger partial charge in [0.1, 0.15) is 0 Å². The minimum absolute atomic E-state index is 0.00820. The molecule has 0 bridgehead atoms. The molecule has 1 aliphatic heterocycles. The Labute approximate surface area is 135 Å². The van der Waals surface area contributed by atoms with Crippen LogP contribution < -0.4 is 0 Å². The van der Waals surface area contributed by atoms with Gasteiger partial charge in [-0.25, -0.2) is 0 Å². The highest BCUT2D eigenvalue weighted by molar-refractivity contribution is 5.89. The monoisotopic (exact) mass is 318 g/mol. The van der Waals surface area contributed by atoms with E-state index in [-0.39, 0.29) is 30.6 Å². The molecule has 0 saturated carbocycles. The number of hydrogen-bond acceptors (Lipinski definition) is 3. The van der Waals surface area contributed by atoms with Crippen molar-refractivity contribution in [3.8, 4) is 0 Å². The van der Waals surface area contributed by atoms with Gasteiger partial charge in [-0.2, -0.15) is 0 Å². The molecule has 1 aromatic carbocycles. The van der Waals surface area contributed by atoms with Gasteiger partial charge in [-0.3, -0.25) is 14.4 Å². The second-order valence-corrected chi connectivity index (χ2v) is 5.92.